The van der Waals surface area contributed by atoms with E-state index in [1.807, 2.05) is 0 Å². The van der Waals surface area contributed by atoms with Crippen molar-refractivity contribution in [2.75, 3.05) is 13.1 Å². The highest BCUT2D eigenvalue weighted by Gasteiger charge is 2.40. The molecule has 1 atom stereocenters. The number of piperazine rings is 1. The van der Waals surface area contributed by atoms with E-state index in [-0.39, 0.29) is 24.4 Å². The number of carbonyl (C=O) groups is 2. The Bertz CT molecular complexity index is 180. The SMILES string of the molecule is O=C1NCC(=O)N2CCC12. The third kappa shape index (κ3) is 0.558. The molecular formula is C6H8N2O2. The Labute approximate surface area is 58.2 Å². The van der Waals surface area contributed by atoms with E-state index >= 15 is 0 Å². The number of carbonyl (C=O) groups excluding carboxylic acids is 2. The molecular weight excluding hydrogens is 132 g/mol. The zero-order chi connectivity index (χ0) is 7.14. The van der Waals surface area contributed by atoms with Crippen molar-refractivity contribution in [1.29, 1.82) is 0 Å². The second-order valence-electron chi connectivity index (χ2n) is 2.61. The molecule has 2 amide bonds. The molecule has 2 rings (SSSR count). The maximum atomic E-state index is 10.9. The number of nitrogens with zero attached hydrogens (tertiary/aromatic N) is 1. The molecule has 0 aromatic rings. The van der Waals surface area contributed by atoms with Crippen LogP contribution in [0.15, 0.2) is 0 Å². The average Bonchev–Trinajstić information content (AvgIpc) is 1.78. The van der Waals surface area contributed by atoms with Gasteiger partial charge in [0.2, 0.25) is 11.8 Å². The third-order valence-electron chi connectivity index (χ3n) is 2.06. The standard InChI is InChI=1S/C6H8N2O2/c9-5-3-7-6(10)4-1-2-8(4)5/h4H,1-3H2,(H,7,10). The molecule has 0 saturated carbocycles. The number of rotatable bonds is 0. The molecule has 2 fully saturated rings. The molecule has 4 heteroatoms. The van der Waals surface area contributed by atoms with Gasteiger partial charge in [-0.2, -0.15) is 0 Å². The van der Waals surface area contributed by atoms with Gasteiger partial charge in [0.1, 0.15) is 6.04 Å². The van der Waals surface area contributed by atoms with Crippen LogP contribution in [0.5, 0.6) is 0 Å². The first-order chi connectivity index (χ1) is 4.79. The lowest BCUT2D eigenvalue weighted by atomic mass is 10.00. The van der Waals surface area contributed by atoms with Crippen LogP contribution < -0.4 is 5.32 Å². The van der Waals surface area contributed by atoms with Crippen molar-refractivity contribution in [3.63, 3.8) is 0 Å². The summed E-state index contributed by atoms with van der Waals surface area (Å²) in [4.78, 5) is 23.4. The minimum absolute atomic E-state index is 0.00542. The summed E-state index contributed by atoms with van der Waals surface area (Å²) in [7, 11) is 0. The van der Waals surface area contributed by atoms with Crippen molar-refractivity contribution in [3.05, 3.63) is 0 Å². The minimum Gasteiger partial charge on any atom is -0.345 e. The van der Waals surface area contributed by atoms with Crippen LogP contribution in [0, 0.1) is 0 Å². The highest BCUT2D eigenvalue weighted by atomic mass is 16.2. The lowest BCUT2D eigenvalue weighted by Crippen LogP contribution is -2.65. The molecule has 2 heterocycles. The van der Waals surface area contributed by atoms with Gasteiger partial charge in [0.15, 0.2) is 0 Å². The van der Waals surface area contributed by atoms with Crippen LogP contribution in [0.4, 0.5) is 0 Å². The first kappa shape index (κ1) is 5.70. The van der Waals surface area contributed by atoms with E-state index < -0.39 is 0 Å². The van der Waals surface area contributed by atoms with Crippen LogP contribution in [0.1, 0.15) is 6.42 Å². The van der Waals surface area contributed by atoms with Crippen molar-refractivity contribution in [1.82, 2.24) is 10.2 Å². The molecule has 10 heavy (non-hydrogen) atoms. The van der Waals surface area contributed by atoms with Gasteiger partial charge in [0, 0.05) is 6.54 Å². The normalized spacial score (nSPS) is 30.8. The van der Waals surface area contributed by atoms with E-state index in [4.69, 9.17) is 0 Å². The summed E-state index contributed by atoms with van der Waals surface area (Å²) in [6.07, 6.45) is 0.831. The van der Waals surface area contributed by atoms with Gasteiger partial charge >= 0.3 is 0 Å². The lowest BCUT2D eigenvalue weighted by molar-refractivity contribution is -0.152. The van der Waals surface area contributed by atoms with Crippen LogP contribution >= 0.6 is 0 Å². The maximum Gasteiger partial charge on any atom is 0.243 e. The largest absolute Gasteiger partial charge is 0.345 e. The van der Waals surface area contributed by atoms with Gasteiger partial charge in [-0.15, -0.1) is 0 Å². The predicted octanol–water partition coefficient (Wildman–Crippen LogP) is -1.28. The van der Waals surface area contributed by atoms with Gasteiger partial charge < -0.3 is 10.2 Å². The van der Waals surface area contributed by atoms with Crippen LogP contribution in [0.25, 0.3) is 0 Å². The summed E-state index contributed by atoms with van der Waals surface area (Å²) in [6.45, 7) is 0.951. The lowest BCUT2D eigenvalue weighted by Gasteiger charge is -2.42. The molecule has 0 bridgehead atoms. The molecule has 1 N–H and O–H groups in total. The van der Waals surface area contributed by atoms with Crippen molar-refractivity contribution >= 4 is 11.8 Å². The van der Waals surface area contributed by atoms with Gasteiger partial charge in [0.25, 0.3) is 0 Å². The van der Waals surface area contributed by atoms with Crippen LogP contribution in [-0.4, -0.2) is 35.8 Å². The van der Waals surface area contributed by atoms with Crippen molar-refractivity contribution in [2.24, 2.45) is 0 Å². The van der Waals surface area contributed by atoms with E-state index in [1.165, 1.54) is 0 Å². The Morgan fingerprint density at radius 3 is 2.80 bits per heavy atom. The van der Waals surface area contributed by atoms with Gasteiger partial charge in [-0.25, -0.2) is 0 Å². The Morgan fingerprint density at radius 1 is 1.50 bits per heavy atom. The highest BCUT2D eigenvalue weighted by molar-refractivity contribution is 5.96. The molecule has 0 radical (unpaired) electrons. The Kier molecular flexibility index (Phi) is 0.977. The molecule has 0 aromatic carbocycles. The summed E-state index contributed by atoms with van der Waals surface area (Å²) in [5.74, 6) is 0.0571. The summed E-state index contributed by atoms with van der Waals surface area (Å²) in [5, 5.41) is 2.53. The van der Waals surface area contributed by atoms with Gasteiger partial charge in [-0.05, 0) is 6.42 Å². The Hall–Kier alpha value is -1.06. The fourth-order valence-corrected chi connectivity index (χ4v) is 1.34. The minimum atomic E-state index is -0.138. The number of fused-ring (bicyclic) bond motifs is 1. The number of hydrogen-bond donors (Lipinski definition) is 1. The molecule has 0 aromatic heterocycles. The van der Waals surface area contributed by atoms with Crippen LogP contribution in [0.3, 0.4) is 0 Å². The zero-order valence-corrected chi connectivity index (χ0v) is 5.46. The third-order valence-corrected chi connectivity index (χ3v) is 2.06. The van der Waals surface area contributed by atoms with Crippen molar-refractivity contribution < 1.29 is 9.59 Å². The van der Waals surface area contributed by atoms with Gasteiger partial charge in [0.05, 0.1) is 6.54 Å². The first-order valence-electron chi connectivity index (χ1n) is 3.36. The molecule has 2 aliphatic rings. The monoisotopic (exact) mass is 140 g/mol. The van der Waals surface area contributed by atoms with Crippen molar-refractivity contribution in [3.8, 4) is 0 Å². The topological polar surface area (TPSA) is 49.4 Å². The van der Waals surface area contributed by atoms with E-state index in [1.54, 1.807) is 4.90 Å². The molecule has 2 aliphatic heterocycles. The zero-order valence-electron chi connectivity index (χ0n) is 5.46. The van der Waals surface area contributed by atoms with Gasteiger partial charge in [-0.3, -0.25) is 9.59 Å². The number of hydrogen-bond acceptors (Lipinski definition) is 2. The summed E-state index contributed by atoms with van der Waals surface area (Å²) >= 11 is 0. The molecule has 4 nitrogen and oxygen atoms in total. The number of nitrogens with one attached hydrogen (secondary N) is 1. The van der Waals surface area contributed by atoms with Crippen LogP contribution in [-0.2, 0) is 9.59 Å². The summed E-state index contributed by atoms with van der Waals surface area (Å²) < 4.78 is 0. The molecule has 1 unspecified atom stereocenters. The first-order valence-corrected chi connectivity index (χ1v) is 3.36. The smallest absolute Gasteiger partial charge is 0.243 e. The maximum absolute atomic E-state index is 10.9. The molecule has 0 spiro atoms. The highest BCUT2D eigenvalue weighted by Crippen LogP contribution is 2.19. The predicted molar refractivity (Wildman–Crippen MR) is 33.1 cm³/mol. The van der Waals surface area contributed by atoms with Crippen molar-refractivity contribution in [2.45, 2.75) is 12.5 Å². The Balaban J connectivity index is 2.16. The van der Waals surface area contributed by atoms with E-state index in [0.717, 1.165) is 13.0 Å². The van der Waals surface area contributed by atoms with E-state index in [0.29, 0.717) is 0 Å². The van der Waals surface area contributed by atoms with E-state index in [9.17, 15) is 9.59 Å². The van der Waals surface area contributed by atoms with E-state index in [2.05, 4.69) is 5.32 Å². The quantitative estimate of drug-likeness (QED) is 0.455. The van der Waals surface area contributed by atoms with Gasteiger partial charge in [-0.1, -0.05) is 0 Å². The summed E-state index contributed by atoms with van der Waals surface area (Å²) in [6, 6.07) is -0.138. The average molecular weight is 140 g/mol. The Morgan fingerprint density at radius 2 is 2.30 bits per heavy atom. The fourth-order valence-electron chi connectivity index (χ4n) is 1.34. The fraction of sp³-hybridized carbons (Fsp3) is 0.667. The second-order valence-corrected chi connectivity index (χ2v) is 2.61. The summed E-state index contributed by atoms with van der Waals surface area (Å²) in [5.41, 5.74) is 0. The molecule has 54 valence electrons. The second kappa shape index (κ2) is 1.71. The van der Waals surface area contributed by atoms with Crippen LogP contribution in [0.2, 0.25) is 0 Å². The molecule has 2 saturated heterocycles. The molecule has 0 aliphatic carbocycles. The number of amides is 2.